The van der Waals surface area contributed by atoms with Gasteiger partial charge in [-0.05, 0) is 64.5 Å². The van der Waals surface area contributed by atoms with E-state index in [0.29, 0.717) is 30.5 Å². The molecule has 0 radical (unpaired) electrons. The van der Waals surface area contributed by atoms with Crippen molar-refractivity contribution in [1.82, 2.24) is 14.5 Å². The molecule has 0 atom stereocenters. The molecule has 1 aromatic carbocycles. The van der Waals surface area contributed by atoms with E-state index >= 15 is 4.39 Å². The van der Waals surface area contributed by atoms with Crippen LogP contribution in [-0.4, -0.2) is 26.5 Å². The Bertz CT molecular complexity index is 1630. The molecule has 2 fully saturated rings. The minimum absolute atomic E-state index is 0.0765. The standard InChI is InChI=1S/C32H38FN5O4/c1-5-22(18-34)10-9-21(4)29(40)36-32(13-7-6-8-14-32)17-28(39)35-26-15-24-27(16-25(26)33)38(20(2)3)31(42)37(30(24)41)19-23-11-12-23/h5,9-10,15-16,20,23H,1,6-8,11-14,17,19H2,2-4H3,(H,35,39)(H,36,40)/b21-9+,22-10+. The van der Waals surface area contributed by atoms with Crippen LogP contribution in [0.4, 0.5) is 10.1 Å². The Kier molecular flexibility index (Phi) is 9.30. The normalized spacial score (nSPS) is 17.1. The summed E-state index contributed by atoms with van der Waals surface area (Å²) in [5.41, 5.74) is -1.07. The molecule has 2 aromatic rings. The fraction of sp³-hybridized carbons (Fsp3) is 0.469. The fourth-order valence-corrected chi connectivity index (χ4v) is 5.57. The van der Waals surface area contributed by atoms with E-state index in [2.05, 4.69) is 17.2 Å². The summed E-state index contributed by atoms with van der Waals surface area (Å²) in [7, 11) is 0. The Morgan fingerprint density at radius 3 is 2.48 bits per heavy atom. The van der Waals surface area contributed by atoms with Crippen molar-refractivity contribution in [2.75, 3.05) is 5.32 Å². The number of allylic oxidation sites excluding steroid dienone is 4. The smallest absolute Gasteiger partial charge is 0.331 e. The van der Waals surface area contributed by atoms with Gasteiger partial charge in [0.25, 0.3) is 5.56 Å². The predicted molar refractivity (Wildman–Crippen MR) is 160 cm³/mol. The van der Waals surface area contributed by atoms with Crippen molar-refractivity contribution in [2.45, 2.75) is 90.3 Å². The van der Waals surface area contributed by atoms with Crippen LogP contribution in [0.2, 0.25) is 0 Å². The molecular formula is C32H38FN5O4. The number of fused-ring (bicyclic) bond motifs is 1. The molecule has 2 N–H and O–H groups in total. The van der Waals surface area contributed by atoms with Gasteiger partial charge in [0.2, 0.25) is 11.8 Å². The van der Waals surface area contributed by atoms with Gasteiger partial charge in [-0.25, -0.2) is 9.18 Å². The second-order valence-corrected chi connectivity index (χ2v) is 11.8. The van der Waals surface area contributed by atoms with Gasteiger partial charge in [-0.1, -0.05) is 38.0 Å². The molecule has 222 valence electrons. The van der Waals surface area contributed by atoms with E-state index in [0.717, 1.165) is 38.2 Å². The van der Waals surface area contributed by atoms with Crippen molar-refractivity contribution in [1.29, 1.82) is 5.26 Å². The molecule has 0 bridgehead atoms. The van der Waals surface area contributed by atoms with Gasteiger partial charge in [0, 0.05) is 29.8 Å². The average molecular weight is 576 g/mol. The van der Waals surface area contributed by atoms with E-state index in [4.69, 9.17) is 5.26 Å². The lowest BCUT2D eigenvalue weighted by atomic mass is 9.78. The Hall–Kier alpha value is -4.26. The Morgan fingerprint density at radius 1 is 1.19 bits per heavy atom. The highest BCUT2D eigenvalue weighted by atomic mass is 19.1. The van der Waals surface area contributed by atoms with Gasteiger partial charge in [0.1, 0.15) is 5.82 Å². The van der Waals surface area contributed by atoms with Crippen LogP contribution in [0.1, 0.15) is 78.2 Å². The second-order valence-electron chi connectivity index (χ2n) is 11.8. The number of hydrogen-bond donors (Lipinski definition) is 2. The predicted octanol–water partition coefficient (Wildman–Crippen LogP) is 5.02. The van der Waals surface area contributed by atoms with Crippen molar-refractivity contribution in [2.24, 2.45) is 5.92 Å². The van der Waals surface area contributed by atoms with Crippen LogP contribution >= 0.6 is 0 Å². The third-order valence-corrected chi connectivity index (χ3v) is 8.09. The highest BCUT2D eigenvalue weighted by molar-refractivity contribution is 5.96. The number of carbonyl (C=O) groups is 2. The first kappa shape index (κ1) is 30.7. The summed E-state index contributed by atoms with van der Waals surface area (Å²) in [4.78, 5) is 52.9. The maximum atomic E-state index is 15.4. The maximum Gasteiger partial charge on any atom is 0.331 e. The lowest BCUT2D eigenvalue weighted by molar-refractivity contribution is -0.122. The largest absolute Gasteiger partial charge is 0.346 e. The first-order valence-electron chi connectivity index (χ1n) is 14.5. The zero-order valence-corrected chi connectivity index (χ0v) is 24.5. The van der Waals surface area contributed by atoms with Gasteiger partial charge in [0.05, 0.1) is 34.7 Å². The zero-order valence-electron chi connectivity index (χ0n) is 24.5. The number of benzene rings is 1. The van der Waals surface area contributed by atoms with Gasteiger partial charge in [-0.3, -0.25) is 23.5 Å². The van der Waals surface area contributed by atoms with Gasteiger partial charge in [0.15, 0.2) is 0 Å². The van der Waals surface area contributed by atoms with E-state index in [9.17, 15) is 19.2 Å². The minimum atomic E-state index is -0.822. The lowest BCUT2D eigenvalue weighted by Gasteiger charge is -2.38. The third-order valence-electron chi connectivity index (χ3n) is 8.09. The quantitative estimate of drug-likeness (QED) is 0.234. The van der Waals surface area contributed by atoms with Crippen LogP contribution in [0.3, 0.4) is 0 Å². The van der Waals surface area contributed by atoms with Crippen LogP contribution in [-0.2, 0) is 16.1 Å². The number of amides is 2. The summed E-state index contributed by atoms with van der Waals surface area (Å²) in [6.45, 7) is 9.10. The van der Waals surface area contributed by atoms with Gasteiger partial charge >= 0.3 is 5.69 Å². The molecule has 0 aliphatic heterocycles. The fourth-order valence-electron chi connectivity index (χ4n) is 5.57. The monoisotopic (exact) mass is 575 g/mol. The van der Waals surface area contributed by atoms with Crippen molar-refractivity contribution in [3.8, 4) is 6.07 Å². The third kappa shape index (κ3) is 6.78. The zero-order chi connectivity index (χ0) is 30.6. The number of hydrogen-bond acceptors (Lipinski definition) is 5. The van der Waals surface area contributed by atoms with Crippen molar-refractivity contribution >= 4 is 28.4 Å². The summed E-state index contributed by atoms with van der Waals surface area (Å²) < 4.78 is 18.0. The summed E-state index contributed by atoms with van der Waals surface area (Å²) in [6, 6.07) is 4.11. The van der Waals surface area contributed by atoms with Gasteiger partial charge < -0.3 is 10.6 Å². The van der Waals surface area contributed by atoms with Crippen LogP contribution < -0.4 is 21.9 Å². The Balaban J connectivity index is 1.61. The molecule has 2 aliphatic carbocycles. The highest BCUT2D eigenvalue weighted by Gasteiger charge is 2.36. The Morgan fingerprint density at radius 2 is 1.88 bits per heavy atom. The van der Waals surface area contributed by atoms with Gasteiger partial charge in [-0.2, -0.15) is 5.26 Å². The average Bonchev–Trinajstić information content (AvgIpc) is 3.77. The van der Waals surface area contributed by atoms with Crippen LogP contribution in [0.25, 0.3) is 10.9 Å². The van der Waals surface area contributed by atoms with E-state index < -0.39 is 28.5 Å². The van der Waals surface area contributed by atoms with E-state index in [-0.39, 0.29) is 40.9 Å². The van der Waals surface area contributed by atoms with Gasteiger partial charge in [-0.15, -0.1) is 0 Å². The minimum Gasteiger partial charge on any atom is -0.346 e. The number of halogens is 1. The molecule has 2 amide bonds. The number of nitrogens with zero attached hydrogens (tertiary/aromatic N) is 3. The van der Waals surface area contributed by atoms with Crippen LogP contribution in [0, 0.1) is 23.1 Å². The molecule has 2 aliphatic rings. The lowest BCUT2D eigenvalue weighted by Crippen LogP contribution is -2.52. The molecular weight excluding hydrogens is 537 g/mol. The number of rotatable bonds is 10. The van der Waals surface area contributed by atoms with Crippen LogP contribution in [0.5, 0.6) is 0 Å². The van der Waals surface area contributed by atoms with Crippen molar-refractivity contribution in [3.05, 3.63) is 74.7 Å². The van der Waals surface area contributed by atoms with Crippen LogP contribution in [0.15, 0.2) is 57.7 Å². The number of aromatic nitrogens is 2. The number of nitrogens with one attached hydrogen (secondary N) is 2. The topological polar surface area (TPSA) is 126 Å². The number of nitriles is 1. The van der Waals surface area contributed by atoms with E-state index in [1.807, 2.05) is 6.07 Å². The second kappa shape index (κ2) is 12.7. The SMILES string of the molecule is C=C/C(C#N)=C\C=C(/C)C(=O)NC1(CC(=O)Nc2cc3c(=O)n(CC4CC4)c(=O)n(C(C)C)c3cc2F)CCCCC1. The first-order chi connectivity index (χ1) is 20.0. The first-order valence-corrected chi connectivity index (χ1v) is 14.5. The summed E-state index contributed by atoms with van der Waals surface area (Å²) in [5.74, 6) is -1.33. The molecule has 4 rings (SSSR count). The van der Waals surface area contributed by atoms with Crippen molar-refractivity contribution < 1.29 is 14.0 Å². The molecule has 2 saturated carbocycles. The molecule has 10 heteroatoms. The molecule has 1 heterocycles. The molecule has 9 nitrogen and oxygen atoms in total. The Labute approximate surface area is 244 Å². The molecule has 42 heavy (non-hydrogen) atoms. The summed E-state index contributed by atoms with van der Waals surface area (Å²) >= 11 is 0. The molecule has 0 unspecified atom stereocenters. The molecule has 0 saturated heterocycles. The number of anilines is 1. The van der Waals surface area contributed by atoms with E-state index in [1.165, 1.54) is 33.4 Å². The summed E-state index contributed by atoms with van der Waals surface area (Å²) in [6.07, 6.45) is 10.0. The van der Waals surface area contributed by atoms with Crippen molar-refractivity contribution in [3.63, 3.8) is 0 Å². The highest BCUT2D eigenvalue weighted by Crippen LogP contribution is 2.33. The molecule has 0 spiro atoms. The van der Waals surface area contributed by atoms with E-state index in [1.54, 1.807) is 20.8 Å². The summed E-state index contributed by atoms with van der Waals surface area (Å²) in [5, 5.41) is 14.9. The maximum absolute atomic E-state index is 15.4. The number of carbonyl (C=O) groups excluding carboxylic acids is 2. The molecule has 1 aromatic heterocycles.